The lowest BCUT2D eigenvalue weighted by Crippen LogP contribution is -2.46. The summed E-state index contributed by atoms with van der Waals surface area (Å²) >= 11 is 6.03. The normalized spacial score (nSPS) is 12.9. The lowest BCUT2D eigenvalue weighted by Gasteiger charge is -2.24. The van der Waals surface area contributed by atoms with Gasteiger partial charge < -0.3 is 15.8 Å². The number of nitrogens with one attached hydrogen (secondary N) is 1. The monoisotopic (exact) mass is 388 g/mol. The summed E-state index contributed by atoms with van der Waals surface area (Å²) in [4.78, 5) is 36.9. The number of nitrogens with two attached hydrogens (primary N) is 1. The number of primary amides is 1. The first kappa shape index (κ1) is 20.5. The zero-order valence-electron chi connectivity index (χ0n) is 15.0. The number of halogens is 1. The minimum atomic E-state index is -1.24. The smallest absolute Gasteiger partial charge is 0.330 e. The molecule has 2 aromatic carbocycles. The van der Waals surface area contributed by atoms with Crippen molar-refractivity contribution in [3.05, 3.63) is 70.7 Å². The summed E-state index contributed by atoms with van der Waals surface area (Å²) in [7, 11) is 0. The number of amides is 2. The van der Waals surface area contributed by atoms with Crippen molar-refractivity contribution in [2.45, 2.75) is 26.0 Å². The van der Waals surface area contributed by atoms with Crippen LogP contribution in [-0.2, 0) is 14.3 Å². The molecule has 2 amide bonds. The predicted octanol–water partition coefficient (Wildman–Crippen LogP) is 2.86. The van der Waals surface area contributed by atoms with Gasteiger partial charge in [0.05, 0.1) is 10.6 Å². The zero-order valence-corrected chi connectivity index (χ0v) is 15.8. The summed E-state index contributed by atoms with van der Waals surface area (Å²) < 4.78 is 5.33. The van der Waals surface area contributed by atoms with E-state index in [1.54, 1.807) is 68.4 Å². The van der Waals surface area contributed by atoms with Crippen molar-refractivity contribution >= 4 is 29.4 Å². The lowest BCUT2D eigenvalue weighted by molar-refractivity contribution is -0.158. The Hall–Kier alpha value is -2.86. The number of esters is 1. The van der Waals surface area contributed by atoms with E-state index in [0.717, 1.165) is 0 Å². The maximum atomic E-state index is 12.6. The van der Waals surface area contributed by atoms with Crippen molar-refractivity contribution in [3.8, 4) is 0 Å². The number of hydrogen-bond donors (Lipinski definition) is 2. The number of benzene rings is 2. The van der Waals surface area contributed by atoms with Crippen LogP contribution in [0.25, 0.3) is 0 Å². The van der Waals surface area contributed by atoms with Gasteiger partial charge in [0, 0.05) is 5.56 Å². The van der Waals surface area contributed by atoms with Gasteiger partial charge in [0.15, 0.2) is 0 Å². The van der Waals surface area contributed by atoms with Crippen LogP contribution in [0.2, 0.25) is 5.02 Å². The molecule has 0 spiro atoms. The molecule has 3 N–H and O–H groups in total. The quantitative estimate of drug-likeness (QED) is 0.712. The average Bonchev–Trinajstić information content (AvgIpc) is 2.64. The van der Waals surface area contributed by atoms with Crippen molar-refractivity contribution in [1.29, 1.82) is 0 Å². The van der Waals surface area contributed by atoms with Crippen molar-refractivity contribution in [3.63, 3.8) is 0 Å². The van der Waals surface area contributed by atoms with Crippen LogP contribution < -0.4 is 11.1 Å². The number of hydrogen-bond acceptors (Lipinski definition) is 4. The third-order valence-electron chi connectivity index (χ3n) is 3.92. The fraction of sp³-hybridized carbons (Fsp3) is 0.250. The van der Waals surface area contributed by atoms with Crippen molar-refractivity contribution in [2.24, 2.45) is 11.7 Å². The van der Waals surface area contributed by atoms with Crippen molar-refractivity contribution < 1.29 is 19.1 Å². The molecule has 0 radical (unpaired) electrons. The molecule has 142 valence electrons. The van der Waals surface area contributed by atoms with Crippen LogP contribution in [0, 0.1) is 5.92 Å². The molecule has 0 aromatic heterocycles. The number of rotatable bonds is 7. The molecule has 27 heavy (non-hydrogen) atoms. The molecule has 0 aliphatic heterocycles. The number of carbonyl (C=O) groups is 3. The molecule has 0 fully saturated rings. The van der Waals surface area contributed by atoms with Crippen LogP contribution in [0.3, 0.4) is 0 Å². The molecular formula is C20H21ClN2O4. The molecule has 2 aromatic rings. The van der Waals surface area contributed by atoms with E-state index in [1.807, 2.05) is 0 Å². The number of ether oxygens (including phenoxy) is 1. The van der Waals surface area contributed by atoms with Crippen LogP contribution in [-0.4, -0.2) is 23.8 Å². The summed E-state index contributed by atoms with van der Waals surface area (Å²) in [6.45, 7) is 3.50. The molecule has 0 unspecified atom stereocenters. The first-order valence-corrected chi connectivity index (χ1v) is 8.79. The Kier molecular flexibility index (Phi) is 6.96. The van der Waals surface area contributed by atoms with E-state index >= 15 is 0 Å². The third-order valence-corrected chi connectivity index (χ3v) is 4.25. The maximum absolute atomic E-state index is 12.6. The Morgan fingerprint density at radius 1 is 1.00 bits per heavy atom. The Morgan fingerprint density at radius 3 is 2.15 bits per heavy atom. The molecule has 0 bridgehead atoms. The molecule has 7 heteroatoms. The van der Waals surface area contributed by atoms with Gasteiger partial charge in [-0.3, -0.25) is 9.59 Å². The fourth-order valence-corrected chi connectivity index (χ4v) is 2.69. The van der Waals surface area contributed by atoms with Gasteiger partial charge in [0.25, 0.3) is 11.8 Å². The van der Waals surface area contributed by atoms with Crippen LogP contribution in [0.5, 0.6) is 0 Å². The fourth-order valence-electron chi connectivity index (χ4n) is 2.47. The molecule has 0 aliphatic rings. The largest absolute Gasteiger partial charge is 0.446 e. The van der Waals surface area contributed by atoms with E-state index in [-0.39, 0.29) is 16.5 Å². The van der Waals surface area contributed by atoms with E-state index in [2.05, 4.69) is 5.32 Å². The minimum absolute atomic E-state index is 0.243. The Morgan fingerprint density at radius 2 is 1.59 bits per heavy atom. The van der Waals surface area contributed by atoms with Gasteiger partial charge in [-0.2, -0.15) is 0 Å². The van der Waals surface area contributed by atoms with Gasteiger partial charge in [0.2, 0.25) is 6.10 Å². The highest BCUT2D eigenvalue weighted by molar-refractivity contribution is 6.33. The van der Waals surface area contributed by atoms with E-state index in [9.17, 15) is 14.4 Å². The summed E-state index contributed by atoms with van der Waals surface area (Å²) in [6, 6.07) is 14.0. The molecule has 2 rings (SSSR count). The standard InChI is InChI=1S/C20H21ClN2O4/c1-12(2)16(23-19(25)14-10-6-7-11-15(14)21)20(26)27-17(18(22)24)13-8-4-3-5-9-13/h3-12,16-17H,1-2H3,(H2,22,24)(H,23,25)/t16-,17-/m0/s1. The molecule has 0 saturated carbocycles. The van der Waals surface area contributed by atoms with E-state index in [1.165, 1.54) is 0 Å². The predicted molar refractivity (Wildman–Crippen MR) is 102 cm³/mol. The summed E-state index contributed by atoms with van der Waals surface area (Å²) in [5.74, 6) is -2.34. The van der Waals surface area contributed by atoms with Crippen LogP contribution in [0.1, 0.15) is 35.9 Å². The lowest BCUT2D eigenvalue weighted by atomic mass is 10.0. The van der Waals surface area contributed by atoms with Gasteiger partial charge >= 0.3 is 5.97 Å². The Bertz CT molecular complexity index is 824. The highest BCUT2D eigenvalue weighted by Gasteiger charge is 2.31. The molecular weight excluding hydrogens is 368 g/mol. The topological polar surface area (TPSA) is 98.5 Å². The molecule has 0 aliphatic carbocycles. The van der Waals surface area contributed by atoms with Gasteiger partial charge in [0.1, 0.15) is 6.04 Å². The summed E-state index contributed by atoms with van der Waals surface area (Å²) in [6.07, 6.45) is -1.24. The second-order valence-electron chi connectivity index (χ2n) is 6.30. The van der Waals surface area contributed by atoms with Gasteiger partial charge in [-0.25, -0.2) is 4.79 Å². The summed E-state index contributed by atoms with van der Waals surface area (Å²) in [5, 5.41) is 2.89. The first-order chi connectivity index (χ1) is 12.8. The van der Waals surface area contributed by atoms with Gasteiger partial charge in [-0.1, -0.05) is 67.9 Å². The SMILES string of the molecule is CC(C)[C@H](NC(=O)c1ccccc1Cl)C(=O)O[C@H](C(N)=O)c1ccccc1. The van der Waals surface area contributed by atoms with Gasteiger partial charge in [-0.05, 0) is 18.1 Å². The van der Waals surface area contributed by atoms with E-state index in [4.69, 9.17) is 22.1 Å². The number of carbonyl (C=O) groups excluding carboxylic acids is 3. The van der Waals surface area contributed by atoms with Crippen LogP contribution in [0.15, 0.2) is 54.6 Å². The van der Waals surface area contributed by atoms with Crippen molar-refractivity contribution in [1.82, 2.24) is 5.32 Å². The molecule has 0 saturated heterocycles. The highest BCUT2D eigenvalue weighted by atomic mass is 35.5. The van der Waals surface area contributed by atoms with E-state index < -0.39 is 29.9 Å². The summed E-state index contributed by atoms with van der Waals surface area (Å²) in [5.41, 5.74) is 6.08. The zero-order chi connectivity index (χ0) is 20.0. The minimum Gasteiger partial charge on any atom is -0.446 e. The average molecular weight is 389 g/mol. The second kappa shape index (κ2) is 9.19. The molecule has 6 nitrogen and oxygen atoms in total. The first-order valence-electron chi connectivity index (χ1n) is 8.41. The Balaban J connectivity index is 2.18. The molecule has 0 heterocycles. The van der Waals surface area contributed by atoms with E-state index in [0.29, 0.717) is 5.56 Å². The highest BCUT2D eigenvalue weighted by Crippen LogP contribution is 2.20. The van der Waals surface area contributed by atoms with Crippen LogP contribution >= 0.6 is 11.6 Å². The van der Waals surface area contributed by atoms with Crippen LogP contribution in [0.4, 0.5) is 0 Å². The third kappa shape index (κ3) is 5.31. The van der Waals surface area contributed by atoms with Crippen molar-refractivity contribution in [2.75, 3.05) is 0 Å². The Labute approximate surface area is 162 Å². The maximum Gasteiger partial charge on any atom is 0.330 e. The van der Waals surface area contributed by atoms with Gasteiger partial charge in [-0.15, -0.1) is 0 Å². The second-order valence-corrected chi connectivity index (χ2v) is 6.71. The molecule has 2 atom stereocenters.